The fourth-order valence-electron chi connectivity index (χ4n) is 2.81. The van der Waals surface area contributed by atoms with Crippen LogP contribution in [0.15, 0.2) is 36.4 Å². The Balaban J connectivity index is 2.15. The molecule has 0 radical (unpaired) electrons. The quantitative estimate of drug-likeness (QED) is 0.850. The number of amides is 1. The zero-order valence-corrected chi connectivity index (χ0v) is 14.4. The van der Waals surface area contributed by atoms with Crippen molar-refractivity contribution in [1.82, 2.24) is 0 Å². The molecule has 0 saturated heterocycles. The molecule has 26 heavy (non-hydrogen) atoms. The van der Waals surface area contributed by atoms with Crippen LogP contribution in [0.1, 0.15) is 23.7 Å². The zero-order valence-electron chi connectivity index (χ0n) is 13.7. The fraction of sp³-hybridized carbons (Fsp3) is 0.222. The van der Waals surface area contributed by atoms with Gasteiger partial charge >= 0.3 is 5.97 Å². The second-order valence-corrected chi connectivity index (χ2v) is 6.06. The minimum Gasteiger partial charge on any atom is -0.495 e. The van der Waals surface area contributed by atoms with E-state index in [1.54, 1.807) is 18.2 Å². The average molecular weight is 380 g/mol. The molecule has 2 N–H and O–H groups in total. The summed E-state index contributed by atoms with van der Waals surface area (Å²) >= 11 is 6.37. The number of aliphatic carboxylic acids is 1. The standard InChI is InChI=1S/C18H15ClFNO5/c1-25-13-4-2-3-10(16(13)19)17-11-7-9(20)5-6-12(11)21-18(24)14(26-17)8-15(22)23/h2-7,14,17H,8H2,1H3,(H,21,24)(H,22,23)/t14-,17-/m1/s1. The summed E-state index contributed by atoms with van der Waals surface area (Å²) in [4.78, 5) is 23.4. The van der Waals surface area contributed by atoms with Gasteiger partial charge in [-0.3, -0.25) is 9.59 Å². The third-order valence-corrected chi connectivity index (χ3v) is 4.41. The smallest absolute Gasteiger partial charge is 0.306 e. The molecule has 8 heteroatoms. The molecule has 0 aliphatic carbocycles. The molecule has 0 saturated carbocycles. The van der Waals surface area contributed by atoms with Gasteiger partial charge in [0.25, 0.3) is 5.91 Å². The maximum atomic E-state index is 13.8. The van der Waals surface area contributed by atoms with Crippen molar-refractivity contribution in [2.45, 2.75) is 18.6 Å². The summed E-state index contributed by atoms with van der Waals surface area (Å²) in [6, 6.07) is 8.79. The van der Waals surface area contributed by atoms with E-state index in [1.165, 1.54) is 25.3 Å². The van der Waals surface area contributed by atoms with Gasteiger partial charge in [-0.2, -0.15) is 0 Å². The summed E-state index contributed by atoms with van der Waals surface area (Å²) in [7, 11) is 1.45. The molecular formula is C18H15ClFNO5. The van der Waals surface area contributed by atoms with E-state index in [4.69, 9.17) is 26.2 Å². The number of ether oxygens (including phenoxy) is 2. The predicted molar refractivity (Wildman–Crippen MR) is 92.0 cm³/mol. The van der Waals surface area contributed by atoms with Gasteiger partial charge in [-0.15, -0.1) is 0 Å². The Morgan fingerprint density at radius 3 is 2.81 bits per heavy atom. The van der Waals surface area contributed by atoms with Crippen molar-refractivity contribution >= 4 is 29.2 Å². The Kier molecular flexibility index (Phi) is 5.11. The minimum atomic E-state index is -1.27. The van der Waals surface area contributed by atoms with Crippen LogP contribution in [0.3, 0.4) is 0 Å². The molecule has 6 nitrogen and oxygen atoms in total. The number of carbonyl (C=O) groups excluding carboxylic acids is 1. The number of rotatable bonds is 4. The molecule has 136 valence electrons. The number of anilines is 1. The number of carbonyl (C=O) groups is 2. The lowest BCUT2D eigenvalue weighted by Crippen LogP contribution is -2.31. The van der Waals surface area contributed by atoms with E-state index < -0.39 is 36.3 Å². The van der Waals surface area contributed by atoms with Crippen LogP contribution in [-0.2, 0) is 14.3 Å². The predicted octanol–water partition coefficient (Wildman–Crippen LogP) is 3.39. The Bertz CT molecular complexity index is 873. The molecule has 1 amide bonds. The van der Waals surface area contributed by atoms with Crippen LogP contribution in [0.5, 0.6) is 5.75 Å². The lowest BCUT2D eigenvalue weighted by atomic mass is 9.99. The third kappa shape index (κ3) is 3.49. The maximum absolute atomic E-state index is 13.8. The first-order chi connectivity index (χ1) is 12.4. The molecular weight excluding hydrogens is 365 g/mol. The van der Waals surface area contributed by atoms with Gasteiger partial charge in [-0.05, 0) is 24.3 Å². The van der Waals surface area contributed by atoms with Gasteiger partial charge in [0, 0.05) is 16.8 Å². The van der Waals surface area contributed by atoms with Gasteiger partial charge in [0.2, 0.25) is 0 Å². The molecule has 0 spiro atoms. The summed E-state index contributed by atoms with van der Waals surface area (Å²) in [5, 5.41) is 11.9. The molecule has 1 aliphatic rings. The van der Waals surface area contributed by atoms with Gasteiger partial charge in [-0.1, -0.05) is 23.7 Å². The van der Waals surface area contributed by atoms with Crippen LogP contribution in [-0.4, -0.2) is 30.2 Å². The fourth-order valence-corrected chi connectivity index (χ4v) is 3.11. The zero-order chi connectivity index (χ0) is 18.8. The second-order valence-electron chi connectivity index (χ2n) is 5.69. The first-order valence-corrected chi connectivity index (χ1v) is 8.08. The van der Waals surface area contributed by atoms with Crippen LogP contribution >= 0.6 is 11.6 Å². The topological polar surface area (TPSA) is 84.9 Å². The summed E-state index contributed by atoms with van der Waals surface area (Å²) in [6.45, 7) is 0. The van der Waals surface area contributed by atoms with Crippen LogP contribution in [0, 0.1) is 5.82 Å². The maximum Gasteiger partial charge on any atom is 0.306 e. The van der Waals surface area contributed by atoms with Crippen molar-refractivity contribution in [2.75, 3.05) is 12.4 Å². The largest absolute Gasteiger partial charge is 0.495 e. The highest BCUT2D eigenvalue weighted by molar-refractivity contribution is 6.33. The SMILES string of the molecule is COc1cccc([C@H]2O[C@H](CC(=O)O)C(=O)Nc3ccc(F)cc32)c1Cl. The Labute approximate surface area is 153 Å². The summed E-state index contributed by atoms with van der Waals surface area (Å²) in [5.74, 6) is -1.97. The number of nitrogens with one attached hydrogen (secondary N) is 1. The number of carboxylic acids is 1. The Morgan fingerprint density at radius 2 is 2.12 bits per heavy atom. The molecule has 1 aliphatic heterocycles. The number of hydrogen-bond donors (Lipinski definition) is 2. The molecule has 2 aromatic rings. The number of carboxylic acid groups (broad SMARTS) is 1. The van der Waals surface area contributed by atoms with Crippen molar-refractivity contribution in [3.05, 3.63) is 58.4 Å². The van der Waals surface area contributed by atoms with Crippen molar-refractivity contribution in [1.29, 1.82) is 0 Å². The van der Waals surface area contributed by atoms with Crippen LogP contribution in [0.2, 0.25) is 5.02 Å². The third-order valence-electron chi connectivity index (χ3n) is 4.00. The number of methoxy groups -OCH3 is 1. The van der Waals surface area contributed by atoms with E-state index in [0.29, 0.717) is 22.6 Å². The average Bonchev–Trinajstić information content (AvgIpc) is 2.72. The molecule has 0 fully saturated rings. The number of halogens is 2. The van der Waals surface area contributed by atoms with Crippen LogP contribution in [0.25, 0.3) is 0 Å². The van der Waals surface area contributed by atoms with Gasteiger partial charge in [0.1, 0.15) is 23.8 Å². The molecule has 2 aromatic carbocycles. The van der Waals surface area contributed by atoms with Crippen molar-refractivity contribution in [3.63, 3.8) is 0 Å². The second kappa shape index (κ2) is 7.31. The number of benzene rings is 2. The Hall–Kier alpha value is -2.64. The van der Waals surface area contributed by atoms with E-state index in [-0.39, 0.29) is 5.02 Å². The molecule has 3 rings (SSSR count). The van der Waals surface area contributed by atoms with E-state index >= 15 is 0 Å². The van der Waals surface area contributed by atoms with Crippen molar-refractivity contribution in [3.8, 4) is 5.75 Å². The summed E-state index contributed by atoms with van der Waals surface area (Å²) < 4.78 is 24.8. The first kappa shape index (κ1) is 18.2. The van der Waals surface area contributed by atoms with Crippen LogP contribution in [0.4, 0.5) is 10.1 Å². The van der Waals surface area contributed by atoms with Gasteiger partial charge in [-0.25, -0.2) is 4.39 Å². The monoisotopic (exact) mass is 379 g/mol. The minimum absolute atomic E-state index is 0.235. The summed E-state index contributed by atoms with van der Waals surface area (Å²) in [5.41, 5.74) is 1.10. The van der Waals surface area contributed by atoms with Gasteiger partial charge in [0.15, 0.2) is 0 Å². The van der Waals surface area contributed by atoms with Crippen LogP contribution < -0.4 is 10.1 Å². The van der Waals surface area contributed by atoms with E-state index in [0.717, 1.165) is 0 Å². The Morgan fingerprint density at radius 1 is 1.35 bits per heavy atom. The molecule has 0 unspecified atom stereocenters. The summed E-state index contributed by atoms with van der Waals surface area (Å²) in [6.07, 6.45) is -2.76. The highest BCUT2D eigenvalue weighted by Crippen LogP contribution is 2.41. The van der Waals surface area contributed by atoms with E-state index in [9.17, 15) is 14.0 Å². The first-order valence-electron chi connectivity index (χ1n) is 7.70. The lowest BCUT2D eigenvalue weighted by Gasteiger charge is -2.22. The molecule has 0 aromatic heterocycles. The van der Waals surface area contributed by atoms with E-state index in [1.807, 2.05) is 0 Å². The van der Waals surface area contributed by atoms with Gasteiger partial charge in [0.05, 0.1) is 18.6 Å². The highest BCUT2D eigenvalue weighted by Gasteiger charge is 2.34. The number of hydrogen-bond acceptors (Lipinski definition) is 4. The van der Waals surface area contributed by atoms with Crippen molar-refractivity contribution < 1.29 is 28.6 Å². The molecule has 0 bridgehead atoms. The molecule has 2 atom stereocenters. The number of fused-ring (bicyclic) bond motifs is 1. The molecule has 1 heterocycles. The lowest BCUT2D eigenvalue weighted by molar-refractivity contribution is -0.146. The van der Waals surface area contributed by atoms with E-state index in [2.05, 4.69) is 5.32 Å². The highest BCUT2D eigenvalue weighted by atomic mass is 35.5. The van der Waals surface area contributed by atoms with Gasteiger partial charge < -0.3 is 19.9 Å². The van der Waals surface area contributed by atoms with Crippen molar-refractivity contribution in [2.24, 2.45) is 0 Å². The normalized spacial score (nSPS) is 19.3.